The summed E-state index contributed by atoms with van der Waals surface area (Å²) in [5.74, 6) is 1.39. The number of aryl methyl sites for hydroxylation is 1. The summed E-state index contributed by atoms with van der Waals surface area (Å²) in [6, 6.07) is 14.1. The van der Waals surface area contributed by atoms with E-state index in [1.54, 1.807) is 12.1 Å². The van der Waals surface area contributed by atoms with Gasteiger partial charge in [-0.3, -0.25) is 0 Å². The number of rotatable bonds is 9. The number of benzene rings is 2. The van der Waals surface area contributed by atoms with Gasteiger partial charge in [0.05, 0.1) is 11.5 Å². The minimum Gasteiger partial charge on any atom is -0.494 e. The quantitative estimate of drug-likeness (QED) is 0.707. The first kappa shape index (κ1) is 18.3. The molecule has 0 heterocycles. The van der Waals surface area contributed by atoms with Crippen LogP contribution in [0.2, 0.25) is 0 Å². The average Bonchev–Trinajstić information content (AvgIpc) is 2.60. The van der Waals surface area contributed by atoms with Gasteiger partial charge in [0.25, 0.3) is 0 Å². The van der Waals surface area contributed by atoms with E-state index >= 15 is 0 Å². The van der Waals surface area contributed by atoms with Crippen molar-refractivity contribution in [3.05, 3.63) is 54.1 Å². The monoisotopic (exact) mass is 349 g/mol. The van der Waals surface area contributed by atoms with E-state index < -0.39 is 10.0 Å². The lowest BCUT2D eigenvalue weighted by atomic mass is 10.2. The lowest BCUT2D eigenvalue weighted by Crippen LogP contribution is -2.28. The number of ether oxygens (including phenoxy) is 2. The Labute approximate surface area is 143 Å². The van der Waals surface area contributed by atoms with Gasteiger partial charge < -0.3 is 9.47 Å². The van der Waals surface area contributed by atoms with Crippen LogP contribution in [0.15, 0.2) is 53.4 Å². The zero-order valence-corrected chi connectivity index (χ0v) is 14.8. The molecule has 0 aromatic heterocycles. The maximum atomic E-state index is 12.2. The highest BCUT2D eigenvalue weighted by molar-refractivity contribution is 7.89. The molecule has 130 valence electrons. The zero-order valence-electron chi connectivity index (χ0n) is 14.0. The molecule has 0 aliphatic carbocycles. The van der Waals surface area contributed by atoms with Crippen LogP contribution in [0, 0.1) is 0 Å². The summed E-state index contributed by atoms with van der Waals surface area (Å²) < 4.78 is 37.8. The highest BCUT2D eigenvalue weighted by Gasteiger charge is 2.13. The first-order chi connectivity index (χ1) is 11.5. The highest BCUT2D eigenvalue weighted by Crippen LogP contribution is 2.16. The highest BCUT2D eigenvalue weighted by atomic mass is 32.2. The second-order valence-electron chi connectivity index (χ2n) is 5.15. The van der Waals surface area contributed by atoms with E-state index in [2.05, 4.69) is 11.6 Å². The van der Waals surface area contributed by atoms with E-state index in [9.17, 15) is 8.42 Å². The third kappa shape index (κ3) is 5.25. The normalized spacial score (nSPS) is 11.2. The predicted octanol–water partition coefficient (Wildman–Crippen LogP) is 3.01. The fourth-order valence-electron chi connectivity index (χ4n) is 2.17. The van der Waals surface area contributed by atoms with Crippen LogP contribution in [0.3, 0.4) is 0 Å². The SMILES string of the molecule is CCOc1ccc(S(=O)(=O)NCCOc2cccc(CC)c2)cc1. The van der Waals surface area contributed by atoms with E-state index in [0.29, 0.717) is 12.4 Å². The van der Waals surface area contributed by atoms with Gasteiger partial charge in [0.2, 0.25) is 10.0 Å². The van der Waals surface area contributed by atoms with Crippen LogP contribution in [-0.2, 0) is 16.4 Å². The Kier molecular flexibility index (Phi) is 6.63. The number of hydrogen-bond acceptors (Lipinski definition) is 4. The predicted molar refractivity (Wildman–Crippen MR) is 94.1 cm³/mol. The minimum absolute atomic E-state index is 0.200. The second-order valence-corrected chi connectivity index (χ2v) is 6.92. The first-order valence-electron chi connectivity index (χ1n) is 7.99. The Morgan fingerprint density at radius 3 is 2.38 bits per heavy atom. The number of hydrogen-bond donors (Lipinski definition) is 1. The Balaban J connectivity index is 1.86. The summed E-state index contributed by atoms with van der Waals surface area (Å²) in [6.45, 7) is 4.96. The fourth-order valence-corrected chi connectivity index (χ4v) is 3.18. The molecule has 0 atom stereocenters. The molecule has 24 heavy (non-hydrogen) atoms. The molecular weight excluding hydrogens is 326 g/mol. The first-order valence-corrected chi connectivity index (χ1v) is 9.47. The van der Waals surface area contributed by atoms with Crippen LogP contribution in [0.5, 0.6) is 11.5 Å². The molecule has 5 nitrogen and oxygen atoms in total. The van der Waals surface area contributed by atoms with Crippen LogP contribution >= 0.6 is 0 Å². The van der Waals surface area contributed by atoms with Crippen LogP contribution in [0.1, 0.15) is 19.4 Å². The van der Waals surface area contributed by atoms with Crippen molar-refractivity contribution < 1.29 is 17.9 Å². The van der Waals surface area contributed by atoms with Crippen LogP contribution in [0.4, 0.5) is 0 Å². The molecule has 0 saturated heterocycles. The molecule has 6 heteroatoms. The molecule has 0 fully saturated rings. The molecule has 0 spiro atoms. The summed E-state index contributed by atoms with van der Waals surface area (Å²) in [5, 5.41) is 0. The third-order valence-electron chi connectivity index (χ3n) is 3.41. The van der Waals surface area contributed by atoms with E-state index in [1.165, 1.54) is 17.7 Å². The van der Waals surface area contributed by atoms with Crippen molar-refractivity contribution in [3.8, 4) is 11.5 Å². The molecule has 0 bridgehead atoms. The molecule has 0 radical (unpaired) electrons. The Bertz CT molecular complexity index is 742. The largest absolute Gasteiger partial charge is 0.494 e. The van der Waals surface area contributed by atoms with Crippen molar-refractivity contribution in [2.45, 2.75) is 25.2 Å². The maximum Gasteiger partial charge on any atom is 0.240 e. The average molecular weight is 349 g/mol. The van der Waals surface area contributed by atoms with Gasteiger partial charge in [0.1, 0.15) is 18.1 Å². The summed E-state index contributed by atoms with van der Waals surface area (Å²) in [7, 11) is -3.54. The van der Waals surface area contributed by atoms with Gasteiger partial charge in [0, 0.05) is 6.54 Å². The van der Waals surface area contributed by atoms with E-state index in [1.807, 2.05) is 31.2 Å². The zero-order chi connectivity index (χ0) is 17.4. The molecule has 2 aromatic carbocycles. The molecule has 2 rings (SSSR count). The van der Waals surface area contributed by atoms with E-state index in [-0.39, 0.29) is 18.0 Å². The number of sulfonamides is 1. The van der Waals surface area contributed by atoms with Crippen molar-refractivity contribution in [1.29, 1.82) is 0 Å². The van der Waals surface area contributed by atoms with Crippen LogP contribution in [-0.4, -0.2) is 28.2 Å². The topological polar surface area (TPSA) is 64.6 Å². The molecule has 0 amide bonds. The smallest absolute Gasteiger partial charge is 0.240 e. The van der Waals surface area contributed by atoms with Crippen LogP contribution < -0.4 is 14.2 Å². The summed E-state index contributed by atoms with van der Waals surface area (Å²) in [6.07, 6.45) is 0.932. The van der Waals surface area contributed by atoms with E-state index in [4.69, 9.17) is 9.47 Å². The third-order valence-corrected chi connectivity index (χ3v) is 4.89. The molecule has 0 unspecified atom stereocenters. The van der Waals surface area contributed by atoms with Gasteiger partial charge in [0.15, 0.2) is 0 Å². The summed E-state index contributed by atoms with van der Waals surface area (Å²) in [4.78, 5) is 0.207. The molecule has 0 aliphatic heterocycles. The van der Waals surface area contributed by atoms with E-state index in [0.717, 1.165) is 12.2 Å². The van der Waals surface area contributed by atoms with Crippen molar-refractivity contribution in [2.75, 3.05) is 19.8 Å². The van der Waals surface area contributed by atoms with Crippen molar-refractivity contribution in [3.63, 3.8) is 0 Å². The molecule has 0 saturated carbocycles. The van der Waals surface area contributed by atoms with Crippen molar-refractivity contribution in [2.24, 2.45) is 0 Å². The van der Waals surface area contributed by atoms with Crippen molar-refractivity contribution in [1.82, 2.24) is 4.72 Å². The molecule has 0 aliphatic rings. The molecular formula is C18H23NO4S. The van der Waals surface area contributed by atoms with Crippen LogP contribution in [0.25, 0.3) is 0 Å². The number of nitrogens with one attached hydrogen (secondary N) is 1. The van der Waals surface area contributed by atoms with Gasteiger partial charge in [-0.2, -0.15) is 0 Å². The maximum absolute atomic E-state index is 12.2. The van der Waals surface area contributed by atoms with Gasteiger partial charge in [-0.25, -0.2) is 13.1 Å². The lowest BCUT2D eigenvalue weighted by Gasteiger charge is -2.10. The summed E-state index contributed by atoms with van der Waals surface area (Å²) >= 11 is 0. The Hall–Kier alpha value is -2.05. The van der Waals surface area contributed by atoms with Crippen molar-refractivity contribution >= 4 is 10.0 Å². The molecule has 2 aromatic rings. The lowest BCUT2D eigenvalue weighted by molar-refractivity contribution is 0.322. The van der Waals surface area contributed by atoms with Gasteiger partial charge in [-0.05, 0) is 55.3 Å². The molecule has 1 N–H and O–H groups in total. The standard InChI is InChI=1S/C18H23NO4S/c1-3-15-6-5-7-17(14-15)23-13-12-19-24(20,21)18-10-8-16(9-11-18)22-4-2/h5-11,14,19H,3-4,12-13H2,1-2H3. The minimum atomic E-state index is -3.54. The second kappa shape index (κ2) is 8.70. The van der Waals surface area contributed by atoms with Gasteiger partial charge >= 0.3 is 0 Å². The van der Waals surface area contributed by atoms with Gasteiger partial charge in [-0.1, -0.05) is 19.1 Å². The Morgan fingerprint density at radius 2 is 1.71 bits per heavy atom. The van der Waals surface area contributed by atoms with Gasteiger partial charge in [-0.15, -0.1) is 0 Å². The fraction of sp³-hybridized carbons (Fsp3) is 0.333. The summed E-state index contributed by atoms with van der Waals surface area (Å²) in [5.41, 5.74) is 1.18. The Morgan fingerprint density at radius 1 is 0.958 bits per heavy atom.